The summed E-state index contributed by atoms with van der Waals surface area (Å²) in [6, 6.07) is 9.58. The Bertz CT molecular complexity index is 1140. The molecule has 0 bridgehead atoms. The van der Waals surface area contributed by atoms with Crippen LogP contribution in [-0.2, 0) is 19.6 Å². The van der Waals surface area contributed by atoms with Crippen molar-refractivity contribution in [3.8, 4) is 5.75 Å². The van der Waals surface area contributed by atoms with Crippen LogP contribution in [0, 0.1) is 13.8 Å². The molecule has 0 saturated carbocycles. The molecule has 0 radical (unpaired) electrons. The first-order valence-electron chi connectivity index (χ1n) is 10.2. The molecule has 0 spiro atoms. The van der Waals surface area contributed by atoms with E-state index in [2.05, 4.69) is 10.6 Å². The molecule has 0 aromatic heterocycles. The van der Waals surface area contributed by atoms with Gasteiger partial charge in [-0.15, -0.1) is 0 Å². The fourth-order valence-electron chi connectivity index (χ4n) is 3.90. The van der Waals surface area contributed by atoms with Crippen LogP contribution in [0.3, 0.4) is 0 Å². The molecule has 31 heavy (non-hydrogen) atoms. The molecule has 2 heterocycles. The lowest BCUT2D eigenvalue weighted by atomic mass is 10.1. The summed E-state index contributed by atoms with van der Waals surface area (Å²) in [5, 5.41) is 5.54. The number of fused-ring (bicyclic) bond motifs is 1. The molecule has 2 aromatic carbocycles. The second-order valence-corrected chi connectivity index (χ2v) is 9.85. The summed E-state index contributed by atoms with van der Waals surface area (Å²) >= 11 is 0. The molecular weight excluding hydrogens is 418 g/mol. The lowest BCUT2D eigenvalue weighted by Gasteiger charge is -2.27. The highest BCUT2D eigenvalue weighted by Crippen LogP contribution is 2.37. The smallest absolute Gasteiger partial charge is 0.265 e. The zero-order valence-electron chi connectivity index (χ0n) is 17.6. The van der Waals surface area contributed by atoms with Crippen LogP contribution in [-0.4, -0.2) is 43.2 Å². The van der Waals surface area contributed by atoms with Crippen molar-refractivity contribution in [2.45, 2.75) is 50.7 Å². The first-order valence-corrected chi connectivity index (χ1v) is 11.6. The highest BCUT2D eigenvalue weighted by Gasteiger charge is 2.40. The molecule has 4 rings (SSSR count). The minimum Gasteiger partial charge on any atom is -0.479 e. The Morgan fingerprint density at radius 3 is 2.61 bits per heavy atom. The van der Waals surface area contributed by atoms with Gasteiger partial charge in [0.25, 0.3) is 5.91 Å². The van der Waals surface area contributed by atoms with Gasteiger partial charge in [0.1, 0.15) is 11.8 Å². The predicted octanol–water partition coefficient (Wildman–Crippen LogP) is 2.81. The number of rotatable bonds is 4. The molecule has 2 unspecified atom stereocenters. The summed E-state index contributed by atoms with van der Waals surface area (Å²) in [7, 11) is -3.95. The van der Waals surface area contributed by atoms with Crippen LogP contribution in [0.2, 0.25) is 0 Å². The maximum absolute atomic E-state index is 13.5. The van der Waals surface area contributed by atoms with Gasteiger partial charge in [-0.2, -0.15) is 4.31 Å². The Hall–Kier alpha value is -2.91. The zero-order valence-corrected chi connectivity index (χ0v) is 18.5. The van der Waals surface area contributed by atoms with Crippen molar-refractivity contribution < 1.29 is 22.7 Å². The number of nitrogens with zero attached hydrogens (tertiary/aromatic N) is 1. The Morgan fingerprint density at radius 1 is 1.19 bits per heavy atom. The Labute approximate surface area is 181 Å². The number of hydrogen-bond acceptors (Lipinski definition) is 5. The predicted molar refractivity (Wildman–Crippen MR) is 117 cm³/mol. The Balaban J connectivity index is 1.62. The second kappa shape index (κ2) is 7.97. The maximum atomic E-state index is 13.5. The number of carbonyl (C=O) groups excluding carboxylic acids is 2. The largest absolute Gasteiger partial charge is 0.479 e. The van der Waals surface area contributed by atoms with E-state index in [1.165, 1.54) is 10.4 Å². The van der Waals surface area contributed by atoms with Crippen LogP contribution >= 0.6 is 0 Å². The summed E-state index contributed by atoms with van der Waals surface area (Å²) in [6.07, 6.45) is 0.328. The van der Waals surface area contributed by atoms with E-state index >= 15 is 0 Å². The van der Waals surface area contributed by atoms with Crippen molar-refractivity contribution in [3.63, 3.8) is 0 Å². The van der Waals surface area contributed by atoms with Gasteiger partial charge in [0.2, 0.25) is 15.9 Å². The maximum Gasteiger partial charge on any atom is 0.265 e. The topological polar surface area (TPSA) is 105 Å². The van der Waals surface area contributed by atoms with Crippen LogP contribution in [0.15, 0.2) is 41.3 Å². The molecule has 8 nitrogen and oxygen atoms in total. The third kappa shape index (κ3) is 4.03. The molecule has 9 heteroatoms. The Kier molecular flexibility index (Phi) is 5.49. The minimum atomic E-state index is -3.95. The van der Waals surface area contributed by atoms with Crippen LogP contribution in [0.5, 0.6) is 5.75 Å². The second-order valence-electron chi connectivity index (χ2n) is 7.99. The number of anilines is 2. The molecule has 2 N–H and O–H groups in total. The van der Waals surface area contributed by atoms with E-state index < -0.39 is 22.2 Å². The van der Waals surface area contributed by atoms with Gasteiger partial charge in [-0.1, -0.05) is 17.7 Å². The lowest BCUT2D eigenvalue weighted by molar-refractivity contribution is -0.122. The number of amides is 2. The standard InChI is InChI=1S/C22H25N3O5S/c1-13-6-8-16(9-7-13)23-22(27)18-5-4-10-25(18)31(28,29)20-12-19-17(11-14(20)2)24-21(26)15(3)30-19/h6-9,11-12,15,18H,4-5,10H2,1-3H3,(H,23,27)(H,24,26). The molecule has 2 aliphatic heterocycles. The molecular formula is C22H25N3O5S. The van der Waals surface area contributed by atoms with Crippen LogP contribution in [0.25, 0.3) is 0 Å². The number of aryl methyl sites for hydroxylation is 2. The van der Waals surface area contributed by atoms with Gasteiger partial charge in [-0.3, -0.25) is 9.59 Å². The number of carbonyl (C=O) groups is 2. The van der Waals surface area contributed by atoms with E-state index in [1.807, 2.05) is 19.1 Å². The van der Waals surface area contributed by atoms with Crippen molar-refractivity contribution in [1.82, 2.24) is 4.31 Å². The zero-order chi connectivity index (χ0) is 22.3. The number of nitrogens with one attached hydrogen (secondary N) is 2. The summed E-state index contributed by atoms with van der Waals surface area (Å²) < 4.78 is 33.8. The van der Waals surface area contributed by atoms with E-state index in [-0.39, 0.29) is 23.3 Å². The fraction of sp³-hybridized carbons (Fsp3) is 0.364. The quantitative estimate of drug-likeness (QED) is 0.756. The fourth-order valence-corrected chi connectivity index (χ4v) is 5.78. The van der Waals surface area contributed by atoms with Crippen LogP contribution in [0.1, 0.15) is 30.9 Å². The van der Waals surface area contributed by atoms with Crippen LogP contribution < -0.4 is 15.4 Å². The highest BCUT2D eigenvalue weighted by atomic mass is 32.2. The summed E-state index contributed by atoms with van der Waals surface area (Å²) in [6.45, 7) is 5.47. The van der Waals surface area contributed by atoms with Gasteiger partial charge in [0.05, 0.1) is 10.6 Å². The first-order chi connectivity index (χ1) is 14.7. The van der Waals surface area contributed by atoms with Crippen molar-refractivity contribution in [2.24, 2.45) is 0 Å². The summed E-state index contributed by atoms with van der Waals surface area (Å²) in [4.78, 5) is 24.8. The van der Waals surface area contributed by atoms with Crippen molar-refractivity contribution in [1.29, 1.82) is 0 Å². The van der Waals surface area contributed by atoms with E-state index in [4.69, 9.17) is 4.74 Å². The first kappa shape index (κ1) is 21.3. The van der Waals surface area contributed by atoms with E-state index in [1.54, 1.807) is 32.0 Å². The lowest BCUT2D eigenvalue weighted by Crippen LogP contribution is -2.43. The van der Waals surface area contributed by atoms with Gasteiger partial charge in [-0.05, 0) is 57.4 Å². The average molecular weight is 444 g/mol. The number of ether oxygens (including phenoxy) is 1. The van der Waals surface area contributed by atoms with Gasteiger partial charge in [-0.25, -0.2) is 8.42 Å². The normalized spacial score (nSPS) is 21.2. The van der Waals surface area contributed by atoms with E-state index in [0.717, 1.165) is 5.56 Å². The van der Waals surface area contributed by atoms with Crippen molar-refractivity contribution >= 4 is 33.2 Å². The molecule has 2 atom stereocenters. The van der Waals surface area contributed by atoms with Gasteiger partial charge in [0.15, 0.2) is 6.10 Å². The third-order valence-corrected chi connectivity index (χ3v) is 7.67. The molecule has 164 valence electrons. The molecule has 1 fully saturated rings. The number of sulfonamides is 1. The summed E-state index contributed by atoms with van der Waals surface area (Å²) in [5.74, 6) is -0.330. The molecule has 2 aromatic rings. The van der Waals surface area contributed by atoms with Gasteiger partial charge >= 0.3 is 0 Å². The monoisotopic (exact) mass is 443 g/mol. The molecule has 2 aliphatic rings. The molecule has 1 saturated heterocycles. The SMILES string of the molecule is Cc1ccc(NC(=O)C2CCCN2S(=O)(=O)c2cc3c(cc2C)NC(=O)C(C)O3)cc1. The third-order valence-electron chi connectivity index (χ3n) is 5.62. The molecule has 0 aliphatic carbocycles. The van der Waals surface area contributed by atoms with Gasteiger partial charge in [0, 0.05) is 18.3 Å². The Morgan fingerprint density at radius 2 is 1.90 bits per heavy atom. The van der Waals surface area contributed by atoms with Gasteiger partial charge < -0.3 is 15.4 Å². The summed E-state index contributed by atoms with van der Waals surface area (Å²) in [5.41, 5.74) is 2.61. The number of hydrogen-bond donors (Lipinski definition) is 2. The van der Waals surface area contributed by atoms with Crippen molar-refractivity contribution in [3.05, 3.63) is 47.5 Å². The average Bonchev–Trinajstić information content (AvgIpc) is 3.21. The number of benzene rings is 2. The molecule has 2 amide bonds. The van der Waals surface area contributed by atoms with E-state index in [9.17, 15) is 18.0 Å². The minimum absolute atomic E-state index is 0.0737. The van der Waals surface area contributed by atoms with Crippen LogP contribution in [0.4, 0.5) is 11.4 Å². The van der Waals surface area contributed by atoms with E-state index in [0.29, 0.717) is 35.5 Å². The van der Waals surface area contributed by atoms with Crippen molar-refractivity contribution in [2.75, 3.05) is 17.2 Å². The highest BCUT2D eigenvalue weighted by molar-refractivity contribution is 7.89.